The molecule has 3 aromatic rings. The topological polar surface area (TPSA) is 97.9 Å². The molecule has 2 aromatic heterocycles. The molecule has 0 spiro atoms. The molecule has 1 aliphatic carbocycles. The van der Waals surface area contributed by atoms with Crippen LogP contribution in [0, 0.1) is 6.92 Å². The number of benzene rings is 1. The Morgan fingerprint density at radius 1 is 1.24 bits per heavy atom. The summed E-state index contributed by atoms with van der Waals surface area (Å²) >= 11 is 0. The second-order valence-corrected chi connectivity index (χ2v) is 8.54. The van der Waals surface area contributed by atoms with E-state index in [2.05, 4.69) is 20.5 Å². The van der Waals surface area contributed by atoms with E-state index in [0.29, 0.717) is 30.2 Å². The van der Waals surface area contributed by atoms with Crippen LogP contribution in [0.1, 0.15) is 46.2 Å². The highest BCUT2D eigenvalue weighted by atomic mass is 19.3. The molecule has 5 rings (SSSR count). The van der Waals surface area contributed by atoms with Gasteiger partial charge in [-0.05, 0) is 18.9 Å². The maximum atomic E-state index is 13.6. The second-order valence-electron chi connectivity index (χ2n) is 8.54. The molecule has 1 fully saturated rings. The van der Waals surface area contributed by atoms with E-state index < -0.39 is 23.8 Å². The van der Waals surface area contributed by atoms with Crippen molar-refractivity contribution in [1.82, 2.24) is 29.9 Å². The number of rotatable bonds is 5. The standard InChI is InChI=1S/C22H23F2N7O2/c1-13-17(15-10-22(15,23)24)27-31-9-8-16(21(33)29(2)20(13)31)26-19(32)18-25-12-30(28-18)11-14-6-4-3-5-7-14/h3-7,12,15-16H,8-11H2,1-2H3,(H,26,32)/t15?,16-/m0/s1. The Bertz CT molecular complexity index is 1220. The van der Waals surface area contributed by atoms with Gasteiger partial charge in [0.1, 0.15) is 18.2 Å². The van der Waals surface area contributed by atoms with Crippen molar-refractivity contribution in [3.63, 3.8) is 0 Å². The molecule has 1 saturated carbocycles. The number of likely N-dealkylation sites (N-methyl/N-ethyl adjacent to an activating group) is 1. The van der Waals surface area contributed by atoms with Crippen molar-refractivity contribution in [2.75, 3.05) is 11.9 Å². The first-order valence-corrected chi connectivity index (χ1v) is 10.7. The Morgan fingerprint density at radius 3 is 2.67 bits per heavy atom. The van der Waals surface area contributed by atoms with E-state index >= 15 is 0 Å². The lowest BCUT2D eigenvalue weighted by Gasteiger charge is -2.21. The zero-order chi connectivity index (χ0) is 23.3. The van der Waals surface area contributed by atoms with Gasteiger partial charge in [0.05, 0.1) is 18.2 Å². The fraction of sp³-hybridized carbons (Fsp3) is 0.409. The third-order valence-corrected chi connectivity index (χ3v) is 6.16. The summed E-state index contributed by atoms with van der Waals surface area (Å²) in [6.07, 6.45) is 1.52. The Balaban J connectivity index is 1.28. The minimum Gasteiger partial charge on any atom is -0.337 e. The third kappa shape index (κ3) is 3.87. The van der Waals surface area contributed by atoms with E-state index in [-0.39, 0.29) is 24.6 Å². The quantitative estimate of drug-likeness (QED) is 0.636. The van der Waals surface area contributed by atoms with Gasteiger partial charge in [-0.15, -0.1) is 5.10 Å². The van der Waals surface area contributed by atoms with Crippen LogP contribution >= 0.6 is 0 Å². The highest BCUT2D eigenvalue weighted by molar-refractivity contribution is 6.01. The molecule has 9 nitrogen and oxygen atoms in total. The first kappa shape index (κ1) is 21.2. The normalized spacial score (nSPS) is 21.5. The summed E-state index contributed by atoms with van der Waals surface area (Å²) in [5, 5.41) is 11.3. The number of halogens is 2. The molecule has 0 saturated heterocycles. The molecule has 172 valence electrons. The number of aromatic nitrogens is 5. The number of nitrogens with zero attached hydrogens (tertiary/aromatic N) is 6. The monoisotopic (exact) mass is 455 g/mol. The van der Waals surface area contributed by atoms with Crippen LogP contribution in [0.15, 0.2) is 36.7 Å². The zero-order valence-electron chi connectivity index (χ0n) is 18.2. The van der Waals surface area contributed by atoms with Crippen molar-refractivity contribution in [3.8, 4) is 0 Å². The molecule has 1 aromatic carbocycles. The molecular formula is C22H23F2N7O2. The van der Waals surface area contributed by atoms with Crippen LogP contribution in [0.4, 0.5) is 14.6 Å². The maximum absolute atomic E-state index is 13.6. The van der Waals surface area contributed by atoms with Gasteiger partial charge in [0, 0.05) is 25.6 Å². The fourth-order valence-corrected chi connectivity index (χ4v) is 4.30. The molecule has 33 heavy (non-hydrogen) atoms. The number of amides is 2. The van der Waals surface area contributed by atoms with Crippen LogP contribution in [0.5, 0.6) is 0 Å². The average Bonchev–Trinajstić information content (AvgIpc) is 3.11. The number of anilines is 1. The molecule has 2 aliphatic rings. The Morgan fingerprint density at radius 2 is 1.97 bits per heavy atom. The van der Waals surface area contributed by atoms with E-state index in [1.807, 2.05) is 30.3 Å². The number of fused-ring (bicyclic) bond motifs is 1. The third-order valence-electron chi connectivity index (χ3n) is 6.16. The smallest absolute Gasteiger partial charge is 0.291 e. The Kier molecular flexibility index (Phi) is 4.98. The van der Waals surface area contributed by atoms with Crippen molar-refractivity contribution in [3.05, 3.63) is 59.3 Å². The molecule has 1 aliphatic heterocycles. The fourth-order valence-electron chi connectivity index (χ4n) is 4.30. The summed E-state index contributed by atoms with van der Waals surface area (Å²) in [5.74, 6) is -4.07. The number of aryl methyl sites for hydroxylation is 1. The number of carbonyl (C=O) groups is 2. The summed E-state index contributed by atoms with van der Waals surface area (Å²) in [6.45, 7) is 2.48. The maximum Gasteiger partial charge on any atom is 0.291 e. The second kappa shape index (κ2) is 7.75. The van der Waals surface area contributed by atoms with Crippen LogP contribution in [-0.2, 0) is 17.9 Å². The van der Waals surface area contributed by atoms with Gasteiger partial charge in [-0.2, -0.15) is 5.10 Å². The van der Waals surface area contributed by atoms with Crippen LogP contribution in [0.3, 0.4) is 0 Å². The van der Waals surface area contributed by atoms with Crippen LogP contribution in [0.2, 0.25) is 0 Å². The molecule has 11 heteroatoms. The van der Waals surface area contributed by atoms with Gasteiger partial charge in [-0.25, -0.2) is 23.1 Å². The minimum atomic E-state index is -2.73. The van der Waals surface area contributed by atoms with E-state index in [1.54, 1.807) is 23.3 Å². The highest BCUT2D eigenvalue weighted by Gasteiger charge is 2.60. The number of nitrogens with one attached hydrogen (secondary N) is 1. The summed E-state index contributed by atoms with van der Waals surface area (Å²) in [7, 11) is 1.56. The highest BCUT2D eigenvalue weighted by Crippen LogP contribution is 2.56. The van der Waals surface area contributed by atoms with Crippen LogP contribution in [-0.4, -0.2) is 55.4 Å². The van der Waals surface area contributed by atoms with E-state index in [4.69, 9.17) is 0 Å². The Hall–Kier alpha value is -3.63. The molecule has 3 heterocycles. The number of carbonyl (C=O) groups excluding carboxylic acids is 2. The number of hydrogen-bond acceptors (Lipinski definition) is 5. The molecule has 0 radical (unpaired) electrons. The van der Waals surface area contributed by atoms with Crippen molar-refractivity contribution >= 4 is 17.6 Å². The van der Waals surface area contributed by atoms with Gasteiger partial charge < -0.3 is 5.32 Å². The lowest BCUT2D eigenvalue weighted by molar-refractivity contribution is -0.120. The summed E-state index contributed by atoms with van der Waals surface area (Å²) in [4.78, 5) is 31.2. The van der Waals surface area contributed by atoms with E-state index in [0.717, 1.165) is 5.56 Å². The molecule has 1 N–H and O–H groups in total. The number of alkyl halides is 2. The number of hydrogen-bond donors (Lipinski definition) is 1. The average molecular weight is 455 g/mol. The van der Waals surface area contributed by atoms with E-state index in [1.165, 1.54) is 11.2 Å². The molecule has 1 unspecified atom stereocenters. The predicted octanol–water partition coefficient (Wildman–Crippen LogP) is 2.12. The lowest BCUT2D eigenvalue weighted by Crippen LogP contribution is -2.47. The molecule has 2 atom stereocenters. The first-order chi connectivity index (χ1) is 15.7. The van der Waals surface area contributed by atoms with Crippen LogP contribution < -0.4 is 10.2 Å². The van der Waals surface area contributed by atoms with Crippen molar-refractivity contribution < 1.29 is 18.4 Å². The van der Waals surface area contributed by atoms with Crippen molar-refractivity contribution in [1.29, 1.82) is 0 Å². The first-order valence-electron chi connectivity index (χ1n) is 10.7. The van der Waals surface area contributed by atoms with Gasteiger partial charge in [0.15, 0.2) is 0 Å². The minimum absolute atomic E-state index is 0.0298. The SMILES string of the molecule is Cc1c(C2CC2(F)F)nn2c1N(C)C(=O)[C@@H](NC(=O)c1ncn(Cc3ccccc3)n1)CC2. The van der Waals surface area contributed by atoms with Gasteiger partial charge in [0.2, 0.25) is 5.82 Å². The molecular weight excluding hydrogens is 432 g/mol. The van der Waals surface area contributed by atoms with Gasteiger partial charge in [0.25, 0.3) is 17.7 Å². The summed E-state index contributed by atoms with van der Waals surface area (Å²) in [5.41, 5.74) is 1.93. The van der Waals surface area contributed by atoms with Crippen LogP contribution in [0.25, 0.3) is 0 Å². The zero-order valence-corrected chi connectivity index (χ0v) is 18.2. The molecule has 2 amide bonds. The predicted molar refractivity (Wildman–Crippen MR) is 114 cm³/mol. The van der Waals surface area contributed by atoms with Gasteiger partial charge in [-0.1, -0.05) is 30.3 Å². The summed E-state index contributed by atoms with van der Waals surface area (Å²) in [6, 6.07) is 8.83. The van der Waals surface area contributed by atoms with Gasteiger partial charge >= 0.3 is 0 Å². The molecule has 0 bridgehead atoms. The van der Waals surface area contributed by atoms with E-state index in [9.17, 15) is 18.4 Å². The van der Waals surface area contributed by atoms with Gasteiger partial charge in [-0.3, -0.25) is 14.5 Å². The lowest BCUT2D eigenvalue weighted by atomic mass is 10.1. The van der Waals surface area contributed by atoms with Crippen molar-refractivity contribution in [2.45, 2.75) is 50.7 Å². The largest absolute Gasteiger partial charge is 0.337 e. The summed E-state index contributed by atoms with van der Waals surface area (Å²) < 4.78 is 30.3. The van der Waals surface area contributed by atoms with Crippen molar-refractivity contribution in [2.24, 2.45) is 0 Å². The Labute approximate surface area is 188 Å².